The molecule has 0 heterocycles. The molecule has 0 saturated heterocycles. The fourth-order valence-electron chi connectivity index (χ4n) is 3.15. The standard InChI is InChI=1S/C17H26O/c1-18-17-14-10-6-5-9-13-16(17)15-11-7-3-2-4-8-12-15/h2-3,5-6,12,16-17H,4,7-11,13-14H2,1H3/b3-2-,6-5-,15-12+. The molecular formula is C17H26O. The Balaban J connectivity index is 2.08. The van der Waals surface area contributed by atoms with E-state index in [9.17, 15) is 0 Å². The number of methoxy groups -OCH3 is 1. The first-order chi connectivity index (χ1) is 8.92. The number of rotatable bonds is 2. The van der Waals surface area contributed by atoms with Crippen LogP contribution in [0.15, 0.2) is 36.0 Å². The van der Waals surface area contributed by atoms with Crippen molar-refractivity contribution in [2.75, 3.05) is 7.11 Å². The fraction of sp³-hybridized carbons (Fsp3) is 0.647. The molecular weight excluding hydrogens is 220 g/mol. The minimum Gasteiger partial charge on any atom is -0.381 e. The van der Waals surface area contributed by atoms with E-state index < -0.39 is 0 Å². The van der Waals surface area contributed by atoms with E-state index in [2.05, 4.69) is 30.4 Å². The maximum absolute atomic E-state index is 5.77. The molecule has 0 aliphatic heterocycles. The van der Waals surface area contributed by atoms with Crippen LogP contribution in [0.2, 0.25) is 0 Å². The third-order valence-corrected chi connectivity index (χ3v) is 4.16. The van der Waals surface area contributed by atoms with Gasteiger partial charge >= 0.3 is 0 Å². The minimum atomic E-state index is 0.421. The van der Waals surface area contributed by atoms with Gasteiger partial charge < -0.3 is 4.74 Å². The van der Waals surface area contributed by atoms with Crippen LogP contribution < -0.4 is 0 Å². The molecule has 2 atom stereocenters. The van der Waals surface area contributed by atoms with E-state index in [0.717, 1.165) is 0 Å². The first-order valence-corrected chi connectivity index (χ1v) is 7.43. The van der Waals surface area contributed by atoms with Crippen LogP contribution in [0.4, 0.5) is 0 Å². The molecule has 2 aliphatic carbocycles. The van der Waals surface area contributed by atoms with Crippen LogP contribution in [0.3, 0.4) is 0 Å². The topological polar surface area (TPSA) is 9.23 Å². The highest BCUT2D eigenvalue weighted by Crippen LogP contribution is 2.32. The van der Waals surface area contributed by atoms with Crippen LogP contribution in [0, 0.1) is 5.92 Å². The van der Waals surface area contributed by atoms with Crippen molar-refractivity contribution < 1.29 is 4.74 Å². The van der Waals surface area contributed by atoms with Crippen molar-refractivity contribution in [2.45, 2.75) is 57.5 Å². The molecule has 0 aromatic carbocycles. The SMILES string of the molecule is COC1CC/C=C\CCC1/C1=C/CC/C=C\CC1. The van der Waals surface area contributed by atoms with Crippen LogP contribution in [-0.2, 0) is 4.74 Å². The third-order valence-electron chi connectivity index (χ3n) is 4.16. The highest BCUT2D eigenvalue weighted by molar-refractivity contribution is 5.13. The van der Waals surface area contributed by atoms with Gasteiger partial charge in [-0.1, -0.05) is 36.0 Å². The summed E-state index contributed by atoms with van der Waals surface area (Å²) in [6.45, 7) is 0. The van der Waals surface area contributed by atoms with Crippen molar-refractivity contribution in [3.63, 3.8) is 0 Å². The molecule has 0 aromatic rings. The lowest BCUT2D eigenvalue weighted by molar-refractivity contribution is 0.0537. The second kappa shape index (κ2) is 7.58. The summed E-state index contributed by atoms with van der Waals surface area (Å²) in [6.07, 6.45) is 21.9. The lowest BCUT2D eigenvalue weighted by atomic mass is 9.82. The second-order valence-electron chi connectivity index (χ2n) is 5.37. The summed E-state index contributed by atoms with van der Waals surface area (Å²) in [5.74, 6) is 0.645. The normalized spacial score (nSPS) is 36.4. The van der Waals surface area contributed by atoms with Gasteiger partial charge in [-0.3, -0.25) is 0 Å². The van der Waals surface area contributed by atoms with Gasteiger partial charge in [0.05, 0.1) is 6.10 Å². The fourth-order valence-corrected chi connectivity index (χ4v) is 3.15. The van der Waals surface area contributed by atoms with E-state index in [1.54, 1.807) is 5.57 Å². The molecule has 100 valence electrons. The molecule has 2 rings (SSSR count). The van der Waals surface area contributed by atoms with Crippen LogP contribution in [-0.4, -0.2) is 13.2 Å². The molecule has 1 heteroatoms. The van der Waals surface area contributed by atoms with Gasteiger partial charge in [0, 0.05) is 13.0 Å². The first-order valence-electron chi connectivity index (χ1n) is 7.43. The van der Waals surface area contributed by atoms with Gasteiger partial charge in [-0.05, 0) is 51.4 Å². The molecule has 0 amide bonds. The molecule has 0 N–H and O–H groups in total. The molecule has 18 heavy (non-hydrogen) atoms. The highest BCUT2D eigenvalue weighted by Gasteiger charge is 2.24. The monoisotopic (exact) mass is 246 g/mol. The van der Waals surface area contributed by atoms with Gasteiger partial charge in [0.15, 0.2) is 0 Å². The van der Waals surface area contributed by atoms with Gasteiger partial charge in [0.2, 0.25) is 0 Å². The van der Waals surface area contributed by atoms with Crippen molar-refractivity contribution in [2.24, 2.45) is 5.92 Å². The lowest BCUT2D eigenvalue weighted by Crippen LogP contribution is -2.25. The van der Waals surface area contributed by atoms with Crippen molar-refractivity contribution in [3.8, 4) is 0 Å². The summed E-state index contributed by atoms with van der Waals surface area (Å²) in [7, 11) is 1.88. The average molecular weight is 246 g/mol. The van der Waals surface area contributed by atoms with Gasteiger partial charge in [0.1, 0.15) is 0 Å². The quantitative estimate of drug-likeness (QED) is 0.636. The van der Waals surface area contributed by atoms with Crippen LogP contribution >= 0.6 is 0 Å². The zero-order chi connectivity index (χ0) is 12.6. The molecule has 0 bridgehead atoms. The smallest absolute Gasteiger partial charge is 0.0639 e. The Hall–Kier alpha value is -0.820. The summed E-state index contributed by atoms with van der Waals surface area (Å²) in [5, 5.41) is 0. The predicted molar refractivity (Wildman–Crippen MR) is 77.6 cm³/mol. The molecule has 0 saturated carbocycles. The Bertz CT molecular complexity index is 325. The lowest BCUT2D eigenvalue weighted by Gasteiger charge is -2.29. The molecule has 1 nitrogen and oxygen atoms in total. The third kappa shape index (κ3) is 3.84. The van der Waals surface area contributed by atoms with Crippen LogP contribution in [0.1, 0.15) is 51.4 Å². The van der Waals surface area contributed by atoms with Crippen LogP contribution in [0.5, 0.6) is 0 Å². The Morgan fingerprint density at radius 3 is 2.44 bits per heavy atom. The molecule has 0 aromatic heterocycles. The Morgan fingerprint density at radius 2 is 1.61 bits per heavy atom. The number of hydrogen-bond acceptors (Lipinski definition) is 1. The van der Waals surface area contributed by atoms with Gasteiger partial charge in [-0.15, -0.1) is 0 Å². The van der Waals surface area contributed by atoms with E-state index in [0.29, 0.717) is 12.0 Å². The van der Waals surface area contributed by atoms with E-state index in [1.807, 2.05) is 7.11 Å². The van der Waals surface area contributed by atoms with Crippen molar-refractivity contribution >= 4 is 0 Å². The Labute approximate surface area is 112 Å². The average Bonchev–Trinajstić information content (AvgIpc) is 2.30. The molecule has 0 radical (unpaired) electrons. The molecule has 2 aliphatic rings. The number of allylic oxidation sites excluding steroid dienone is 5. The zero-order valence-corrected chi connectivity index (χ0v) is 11.6. The van der Waals surface area contributed by atoms with E-state index in [4.69, 9.17) is 4.74 Å². The molecule has 0 fully saturated rings. The number of hydrogen-bond donors (Lipinski definition) is 0. The van der Waals surface area contributed by atoms with E-state index in [1.165, 1.54) is 51.4 Å². The second-order valence-corrected chi connectivity index (χ2v) is 5.37. The van der Waals surface area contributed by atoms with Gasteiger partial charge in [-0.25, -0.2) is 0 Å². The zero-order valence-electron chi connectivity index (χ0n) is 11.6. The van der Waals surface area contributed by atoms with Crippen molar-refractivity contribution in [3.05, 3.63) is 36.0 Å². The van der Waals surface area contributed by atoms with Crippen molar-refractivity contribution in [1.29, 1.82) is 0 Å². The van der Waals surface area contributed by atoms with Gasteiger partial charge in [0.25, 0.3) is 0 Å². The highest BCUT2D eigenvalue weighted by atomic mass is 16.5. The van der Waals surface area contributed by atoms with E-state index >= 15 is 0 Å². The maximum atomic E-state index is 5.77. The van der Waals surface area contributed by atoms with Crippen molar-refractivity contribution in [1.82, 2.24) is 0 Å². The molecule has 2 unspecified atom stereocenters. The van der Waals surface area contributed by atoms with Crippen LogP contribution in [0.25, 0.3) is 0 Å². The Morgan fingerprint density at radius 1 is 0.889 bits per heavy atom. The maximum Gasteiger partial charge on any atom is 0.0639 e. The summed E-state index contributed by atoms with van der Waals surface area (Å²) in [4.78, 5) is 0. The summed E-state index contributed by atoms with van der Waals surface area (Å²) >= 11 is 0. The number of ether oxygens (including phenoxy) is 1. The Kier molecular flexibility index (Phi) is 5.73. The summed E-state index contributed by atoms with van der Waals surface area (Å²) < 4.78 is 5.77. The predicted octanol–water partition coefficient (Wildman–Crippen LogP) is 4.80. The largest absolute Gasteiger partial charge is 0.381 e. The summed E-state index contributed by atoms with van der Waals surface area (Å²) in [6, 6.07) is 0. The minimum absolute atomic E-state index is 0.421. The van der Waals surface area contributed by atoms with E-state index in [-0.39, 0.29) is 0 Å². The molecule has 0 spiro atoms. The first kappa shape index (κ1) is 13.6. The summed E-state index contributed by atoms with van der Waals surface area (Å²) in [5.41, 5.74) is 1.65. The van der Waals surface area contributed by atoms with Gasteiger partial charge in [-0.2, -0.15) is 0 Å².